The second kappa shape index (κ2) is 11.0. The van der Waals surface area contributed by atoms with Crippen LogP contribution in [0.1, 0.15) is 25.7 Å². The molecule has 23 heavy (non-hydrogen) atoms. The zero-order valence-electron chi connectivity index (χ0n) is 13.3. The van der Waals surface area contributed by atoms with Crippen molar-refractivity contribution in [3.05, 3.63) is 0 Å². The van der Waals surface area contributed by atoms with Gasteiger partial charge in [-0.3, -0.25) is 9.59 Å². The van der Waals surface area contributed by atoms with Crippen LogP contribution in [-0.4, -0.2) is 60.3 Å². The molecule has 2 aliphatic heterocycles. The molecule has 8 nitrogen and oxygen atoms in total. The predicted octanol–water partition coefficient (Wildman–Crippen LogP) is 2.13. The molecule has 2 rings (SSSR count). The van der Waals surface area contributed by atoms with Crippen molar-refractivity contribution in [2.75, 3.05) is 33.5 Å². The number of hydrogen-bond acceptors (Lipinski definition) is 7. The first kappa shape index (κ1) is 24.6. The Morgan fingerprint density at radius 1 is 0.913 bits per heavy atom. The van der Waals surface area contributed by atoms with Crippen LogP contribution in [0, 0.1) is 0 Å². The first-order chi connectivity index (χ1) is 9.84. The number of carboxylic acid groups (broad SMARTS) is 1. The van der Waals surface area contributed by atoms with E-state index in [4.69, 9.17) is 37.8 Å². The molecule has 0 amide bonds. The van der Waals surface area contributed by atoms with Crippen molar-refractivity contribution >= 4 is 35.1 Å². The summed E-state index contributed by atoms with van der Waals surface area (Å²) in [6.45, 7) is 1.99. The maximum Gasteiger partial charge on any atom is 0.327 e. The van der Waals surface area contributed by atoms with Gasteiger partial charge in [0.25, 0.3) is 0 Å². The summed E-state index contributed by atoms with van der Waals surface area (Å²) in [4.78, 5) is 19.7. The summed E-state index contributed by atoms with van der Waals surface area (Å²) >= 11 is 11.7. The number of ether oxygens (including phenoxy) is 3. The quantitative estimate of drug-likeness (QED) is 0.489. The maximum atomic E-state index is 11.1. The molecule has 2 aliphatic rings. The second-order valence-electron chi connectivity index (χ2n) is 4.95. The van der Waals surface area contributed by atoms with Crippen LogP contribution in [-0.2, 0) is 23.8 Å². The van der Waals surface area contributed by atoms with Gasteiger partial charge in [0, 0.05) is 52.1 Å². The van der Waals surface area contributed by atoms with Crippen LogP contribution in [0.5, 0.6) is 0 Å². The molecule has 0 aromatic heterocycles. The Hall–Kier alpha value is -0.640. The first-order valence-electron chi connectivity index (χ1n) is 6.69. The van der Waals surface area contributed by atoms with E-state index in [0.29, 0.717) is 52.1 Å². The third-order valence-corrected chi connectivity index (χ3v) is 4.58. The molecule has 2 fully saturated rings. The summed E-state index contributed by atoms with van der Waals surface area (Å²) in [6, 6.07) is 0. The molecule has 2 heterocycles. The Balaban J connectivity index is 0. The van der Waals surface area contributed by atoms with Gasteiger partial charge in [-0.15, -0.1) is 23.2 Å². The van der Waals surface area contributed by atoms with Crippen molar-refractivity contribution in [3.8, 4) is 0 Å². The molecule has 138 valence electrons. The average Bonchev–Trinajstić information content (AvgIpc) is 2.48. The molecule has 2 saturated heterocycles. The minimum atomic E-state index is -1.06. The average molecular weight is 377 g/mol. The van der Waals surface area contributed by atoms with Crippen LogP contribution in [0.2, 0.25) is 0 Å². The van der Waals surface area contributed by atoms with Crippen LogP contribution in [0.3, 0.4) is 0 Å². The zero-order chi connectivity index (χ0) is 15.9. The van der Waals surface area contributed by atoms with E-state index < -0.39 is 15.7 Å². The SMILES string of the molecule is COC(=O)C1(Cl)CCOCC1.N.N.O=C(O)C1(Cl)CCOCC1. The Morgan fingerprint density at radius 3 is 1.52 bits per heavy atom. The molecule has 7 N–H and O–H groups in total. The standard InChI is InChI=1S/C7H11ClO3.C6H9ClO3.2H3N/c1-10-6(9)7(8)2-4-11-5-3-7;7-6(5(8)9)1-3-10-4-2-6;;/h2-5H2,1H3;1-4H2,(H,8,9);2*1H3. The van der Waals surface area contributed by atoms with Crippen molar-refractivity contribution < 1.29 is 28.9 Å². The number of esters is 1. The minimum Gasteiger partial charge on any atom is -0.480 e. The molecule has 0 saturated carbocycles. The Bertz CT molecular complexity index is 371. The molecular formula is C13H26Cl2N2O6. The highest BCUT2D eigenvalue weighted by Crippen LogP contribution is 2.29. The highest BCUT2D eigenvalue weighted by atomic mass is 35.5. The molecular weight excluding hydrogens is 351 g/mol. The van der Waals surface area contributed by atoms with Crippen LogP contribution in [0.25, 0.3) is 0 Å². The molecule has 0 spiro atoms. The van der Waals surface area contributed by atoms with E-state index >= 15 is 0 Å². The fourth-order valence-corrected chi connectivity index (χ4v) is 2.38. The first-order valence-corrected chi connectivity index (χ1v) is 7.45. The van der Waals surface area contributed by atoms with Crippen LogP contribution in [0.4, 0.5) is 0 Å². The third-order valence-electron chi connectivity index (χ3n) is 3.51. The van der Waals surface area contributed by atoms with Crippen molar-refractivity contribution in [3.63, 3.8) is 0 Å². The maximum absolute atomic E-state index is 11.1. The molecule has 0 bridgehead atoms. The van der Waals surface area contributed by atoms with E-state index in [1.807, 2.05) is 0 Å². The number of carboxylic acids is 1. The lowest BCUT2D eigenvalue weighted by Crippen LogP contribution is -2.39. The van der Waals surface area contributed by atoms with E-state index in [1.54, 1.807) is 0 Å². The number of carbonyl (C=O) groups is 2. The largest absolute Gasteiger partial charge is 0.480 e. The van der Waals surface area contributed by atoms with Crippen LogP contribution < -0.4 is 12.3 Å². The Morgan fingerprint density at radius 2 is 1.26 bits per heavy atom. The number of alkyl halides is 2. The lowest BCUT2D eigenvalue weighted by Gasteiger charge is -2.27. The van der Waals surface area contributed by atoms with Crippen molar-refractivity contribution in [2.45, 2.75) is 35.4 Å². The number of aliphatic carboxylic acids is 1. The molecule has 10 heteroatoms. The van der Waals surface area contributed by atoms with E-state index in [1.165, 1.54) is 7.11 Å². The van der Waals surface area contributed by atoms with Crippen LogP contribution >= 0.6 is 23.2 Å². The van der Waals surface area contributed by atoms with Gasteiger partial charge in [0.2, 0.25) is 0 Å². The number of rotatable bonds is 2. The van der Waals surface area contributed by atoms with Gasteiger partial charge in [0.1, 0.15) is 9.75 Å². The highest BCUT2D eigenvalue weighted by Gasteiger charge is 2.39. The summed E-state index contributed by atoms with van der Waals surface area (Å²) in [6.07, 6.45) is 1.90. The minimum absolute atomic E-state index is 0. The third kappa shape index (κ3) is 7.19. The fraction of sp³-hybridized carbons (Fsp3) is 0.846. The molecule has 0 aromatic carbocycles. The highest BCUT2D eigenvalue weighted by molar-refractivity contribution is 6.34. The summed E-state index contributed by atoms with van der Waals surface area (Å²) in [5, 5.41) is 8.61. The van der Waals surface area contributed by atoms with Crippen molar-refractivity contribution in [1.29, 1.82) is 0 Å². The number of halogens is 2. The second-order valence-corrected chi connectivity index (χ2v) is 6.40. The van der Waals surface area contributed by atoms with E-state index in [2.05, 4.69) is 4.74 Å². The summed E-state index contributed by atoms with van der Waals surface area (Å²) in [5.41, 5.74) is 0. The Labute approximate surface area is 145 Å². The fourth-order valence-electron chi connectivity index (χ4n) is 1.99. The molecule has 0 unspecified atom stereocenters. The van der Waals surface area contributed by atoms with Gasteiger partial charge in [-0.1, -0.05) is 0 Å². The molecule has 0 aromatic rings. The van der Waals surface area contributed by atoms with Gasteiger partial charge in [-0.05, 0) is 0 Å². The monoisotopic (exact) mass is 376 g/mol. The Kier molecular flexibility index (Phi) is 11.8. The number of hydrogen-bond donors (Lipinski definition) is 3. The van der Waals surface area contributed by atoms with Gasteiger partial charge in [-0.2, -0.15) is 0 Å². The lowest BCUT2D eigenvalue weighted by atomic mass is 10.00. The summed E-state index contributed by atoms with van der Waals surface area (Å²) < 4.78 is 14.6. The van der Waals surface area contributed by atoms with E-state index in [0.717, 1.165) is 0 Å². The number of methoxy groups -OCH3 is 1. The predicted molar refractivity (Wildman–Crippen MR) is 87.0 cm³/mol. The zero-order valence-corrected chi connectivity index (χ0v) is 14.8. The van der Waals surface area contributed by atoms with E-state index in [9.17, 15) is 9.59 Å². The normalized spacial score (nSPS) is 21.3. The topological polar surface area (TPSA) is 152 Å². The lowest BCUT2D eigenvalue weighted by molar-refractivity contribution is -0.146. The van der Waals surface area contributed by atoms with Gasteiger partial charge >= 0.3 is 11.9 Å². The van der Waals surface area contributed by atoms with Gasteiger partial charge in [0.15, 0.2) is 0 Å². The van der Waals surface area contributed by atoms with Gasteiger partial charge in [-0.25, -0.2) is 0 Å². The number of carbonyl (C=O) groups excluding carboxylic acids is 1. The van der Waals surface area contributed by atoms with Crippen LogP contribution in [0.15, 0.2) is 0 Å². The molecule has 0 atom stereocenters. The van der Waals surface area contributed by atoms with Gasteiger partial charge < -0.3 is 31.6 Å². The smallest absolute Gasteiger partial charge is 0.327 e. The molecule has 0 aliphatic carbocycles. The molecule has 0 radical (unpaired) electrons. The van der Waals surface area contributed by atoms with E-state index in [-0.39, 0.29) is 18.3 Å². The van der Waals surface area contributed by atoms with Crippen molar-refractivity contribution in [2.24, 2.45) is 0 Å². The summed E-state index contributed by atoms with van der Waals surface area (Å²) in [5.74, 6) is -1.28. The van der Waals surface area contributed by atoms with Crippen molar-refractivity contribution in [1.82, 2.24) is 12.3 Å². The van der Waals surface area contributed by atoms with Gasteiger partial charge in [0.05, 0.1) is 7.11 Å². The summed E-state index contributed by atoms with van der Waals surface area (Å²) in [7, 11) is 1.35.